The average Bonchev–Trinajstić information content (AvgIpc) is 2.72. The molecular formula is C20H27N3O5. The summed E-state index contributed by atoms with van der Waals surface area (Å²) >= 11 is 0. The molecule has 2 heterocycles. The highest BCUT2D eigenvalue weighted by molar-refractivity contribution is 5.86. The molecule has 1 fully saturated rings. The second-order valence-electron chi connectivity index (χ2n) is 7.00. The molecule has 8 heteroatoms. The Labute approximate surface area is 165 Å². The highest BCUT2D eigenvalue weighted by Crippen LogP contribution is 2.24. The molecule has 2 aliphatic heterocycles. The Morgan fingerprint density at radius 1 is 1.07 bits per heavy atom. The molecule has 1 aromatic carbocycles. The van der Waals surface area contributed by atoms with E-state index < -0.39 is 12.0 Å². The molecule has 0 bridgehead atoms. The van der Waals surface area contributed by atoms with Gasteiger partial charge in [-0.05, 0) is 18.1 Å². The van der Waals surface area contributed by atoms with Gasteiger partial charge in [-0.15, -0.1) is 0 Å². The summed E-state index contributed by atoms with van der Waals surface area (Å²) in [5.74, 6) is -0.496. The molecule has 1 atom stereocenters. The van der Waals surface area contributed by atoms with Gasteiger partial charge in [0.1, 0.15) is 6.04 Å². The molecule has 8 nitrogen and oxygen atoms in total. The minimum Gasteiger partial charge on any atom is -0.467 e. The predicted octanol–water partition coefficient (Wildman–Crippen LogP) is 0.887. The minimum atomic E-state index is -0.603. The summed E-state index contributed by atoms with van der Waals surface area (Å²) in [4.78, 5) is 42.3. The lowest BCUT2D eigenvalue weighted by Crippen LogP contribution is -2.55. The number of carbonyl (C=O) groups is 3. The van der Waals surface area contributed by atoms with Gasteiger partial charge in [-0.3, -0.25) is 9.69 Å². The van der Waals surface area contributed by atoms with Crippen molar-refractivity contribution in [2.75, 3.05) is 46.4 Å². The van der Waals surface area contributed by atoms with Gasteiger partial charge in [0.15, 0.2) is 0 Å². The Morgan fingerprint density at radius 2 is 1.75 bits per heavy atom. The summed E-state index contributed by atoms with van der Waals surface area (Å²) in [6, 6.07) is 7.25. The minimum absolute atomic E-state index is 0.102. The first-order valence-corrected chi connectivity index (χ1v) is 9.61. The number of carbonyl (C=O) groups excluding carboxylic acids is 3. The Bertz CT molecular complexity index is 730. The third-order valence-electron chi connectivity index (χ3n) is 5.30. The van der Waals surface area contributed by atoms with Crippen LogP contribution in [0.15, 0.2) is 24.3 Å². The molecule has 3 rings (SSSR count). The zero-order valence-electron chi connectivity index (χ0n) is 16.4. The lowest BCUT2D eigenvalue weighted by Gasteiger charge is -2.38. The smallest absolute Gasteiger partial charge is 0.409 e. The first-order valence-electron chi connectivity index (χ1n) is 9.61. The molecule has 0 aromatic heterocycles. The van der Waals surface area contributed by atoms with Crippen molar-refractivity contribution in [2.45, 2.75) is 25.9 Å². The van der Waals surface area contributed by atoms with Crippen molar-refractivity contribution in [2.24, 2.45) is 0 Å². The lowest BCUT2D eigenvalue weighted by molar-refractivity contribution is -0.154. The highest BCUT2D eigenvalue weighted by Gasteiger charge is 2.36. The van der Waals surface area contributed by atoms with Crippen LogP contribution >= 0.6 is 0 Å². The zero-order valence-corrected chi connectivity index (χ0v) is 16.4. The average molecular weight is 389 g/mol. The van der Waals surface area contributed by atoms with Crippen molar-refractivity contribution in [3.63, 3.8) is 0 Å². The monoisotopic (exact) mass is 389 g/mol. The number of methoxy groups -OCH3 is 1. The third kappa shape index (κ3) is 4.44. The van der Waals surface area contributed by atoms with Crippen LogP contribution in [0.3, 0.4) is 0 Å². The van der Waals surface area contributed by atoms with Crippen molar-refractivity contribution in [3.05, 3.63) is 35.4 Å². The summed E-state index contributed by atoms with van der Waals surface area (Å²) in [5.41, 5.74) is 2.13. The van der Waals surface area contributed by atoms with E-state index in [4.69, 9.17) is 9.47 Å². The van der Waals surface area contributed by atoms with Gasteiger partial charge < -0.3 is 19.3 Å². The molecule has 2 amide bonds. The van der Waals surface area contributed by atoms with Gasteiger partial charge in [-0.25, -0.2) is 9.59 Å². The fourth-order valence-corrected chi connectivity index (χ4v) is 3.72. The number of ether oxygens (including phenoxy) is 2. The summed E-state index contributed by atoms with van der Waals surface area (Å²) < 4.78 is 9.95. The maximum Gasteiger partial charge on any atom is 0.409 e. The van der Waals surface area contributed by atoms with Crippen LogP contribution in [0.4, 0.5) is 4.79 Å². The van der Waals surface area contributed by atoms with E-state index in [1.165, 1.54) is 7.11 Å². The molecule has 2 aliphatic rings. The number of hydrogen-bond acceptors (Lipinski definition) is 6. The van der Waals surface area contributed by atoms with Gasteiger partial charge >= 0.3 is 12.1 Å². The van der Waals surface area contributed by atoms with E-state index >= 15 is 0 Å². The molecule has 0 spiro atoms. The van der Waals surface area contributed by atoms with Crippen LogP contribution in [0.25, 0.3) is 0 Å². The third-order valence-corrected chi connectivity index (χ3v) is 5.30. The van der Waals surface area contributed by atoms with Gasteiger partial charge in [-0.2, -0.15) is 0 Å². The van der Waals surface area contributed by atoms with E-state index in [9.17, 15) is 14.4 Å². The molecule has 0 N–H and O–H groups in total. The zero-order chi connectivity index (χ0) is 20.1. The van der Waals surface area contributed by atoms with Crippen LogP contribution in [-0.2, 0) is 32.0 Å². The van der Waals surface area contributed by atoms with E-state index in [-0.39, 0.29) is 18.5 Å². The van der Waals surface area contributed by atoms with E-state index in [1.54, 1.807) is 16.7 Å². The van der Waals surface area contributed by atoms with E-state index in [1.807, 2.05) is 29.2 Å². The molecule has 0 saturated carbocycles. The predicted molar refractivity (Wildman–Crippen MR) is 102 cm³/mol. The second kappa shape index (κ2) is 9.05. The van der Waals surface area contributed by atoms with Gasteiger partial charge in [0, 0.05) is 39.1 Å². The van der Waals surface area contributed by atoms with Crippen LogP contribution in [0.1, 0.15) is 18.1 Å². The molecule has 1 saturated heterocycles. The Kier molecular flexibility index (Phi) is 6.51. The standard InChI is InChI=1S/C20H27N3O5/c1-3-28-20(26)22-10-8-21(9-11-22)14-18(24)23-13-16-7-5-4-6-15(16)12-17(23)19(25)27-2/h4-7,17H,3,8-14H2,1-2H3. The van der Waals surface area contributed by atoms with Crippen molar-refractivity contribution in [1.29, 1.82) is 0 Å². The van der Waals surface area contributed by atoms with Crippen molar-refractivity contribution in [1.82, 2.24) is 14.7 Å². The van der Waals surface area contributed by atoms with Gasteiger partial charge in [-0.1, -0.05) is 24.3 Å². The number of amides is 2. The second-order valence-corrected chi connectivity index (χ2v) is 7.00. The van der Waals surface area contributed by atoms with Crippen molar-refractivity contribution >= 4 is 18.0 Å². The molecule has 0 aliphatic carbocycles. The molecule has 1 aromatic rings. The molecule has 28 heavy (non-hydrogen) atoms. The number of rotatable bonds is 4. The highest BCUT2D eigenvalue weighted by atomic mass is 16.6. The molecular weight excluding hydrogens is 362 g/mol. The van der Waals surface area contributed by atoms with Crippen molar-refractivity contribution < 1.29 is 23.9 Å². The quantitative estimate of drug-likeness (QED) is 0.712. The number of fused-ring (bicyclic) bond motifs is 1. The summed E-state index contributed by atoms with van der Waals surface area (Å²) in [7, 11) is 1.35. The fourth-order valence-electron chi connectivity index (χ4n) is 3.72. The number of esters is 1. The Morgan fingerprint density at radius 3 is 2.39 bits per heavy atom. The Balaban J connectivity index is 1.63. The number of nitrogens with zero attached hydrogens (tertiary/aromatic N) is 3. The largest absolute Gasteiger partial charge is 0.467 e. The van der Waals surface area contributed by atoms with Crippen molar-refractivity contribution in [3.8, 4) is 0 Å². The topological polar surface area (TPSA) is 79.4 Å². The first-order chi connectivity index (χ1) is 13.5. The normalized spacial score (nSPS) is 19.7. The van der Waals surface area contributed by atoms with Gasteiger partial charge in [0.05, 0.1) is 20.3 Å². The van der Waals surface area contributed by atoms with Crippen LogP contribution in [0.5, 0.6) is 0 Å². The first kappa shape index (κ1) is 20.1. The Hall–Kier alpha value is -2.61. The van der Waals surface area contributed by atoms with Crippen LogP contribution in [-0.4, -0.2) is 85.2 Å². The van der Waals surface area contributed by atoms with E-state index in [0.29, 0.717) is 45.8 Å². The van der Waals surface area contributed by atoms with Crippen LogP contribution in [0, 0.1) is 0 Å². The molecule has 1 unspecified atom stereocenters. The SMILES string of the molecule is CCOC(=O)N1CCN(CC(=O)N2Cc3ccccc3CC2C(=O)OC)CC1. The van der Waals surface area contributed by atoms with Crippen LogP contribution in [0.2, 0.25) is 0 Å². The lowest BCUT2D eigenvalue weighted by atomic mass is 9.94. The maximum atomic E-state index is 13.0. The summed E-state index contributed by atoms with van der Waals surface area (Å²) in [6.07, 6.45) is 0.150. The van der Waals surface area contributed by atoms with E-state index in [2.05, 4.69) is 0 Å². The van der Waals surface area contributed by atoms with Crippen LogP contribution < -0.4 is 0 Å². The molecule has 0 radical (unpaired) electrons. The number of hydrogen-bond donors (Lipinski definition) is 0. The molecule has 152 valence electrons. The fraction of sp³-hybridized carbons (Fsp3) is 0.550. The van der Waals surface area contributed by atoms with E-state index in [0.717, 1.165) is 11.1 Å². The number of piperazine rings is 1. The van der Waals surface area contributed by atoms with Gasteiger partial charge in [0.2, 0.25) is 5.91 Å². The van der Waals surface area contributed by atoms with Gasteiger partial charge in [0.25, 0.3) is 0 Å². The summed E-state index contributed by atoms with van der Waals surface area (Å²) in [6.45, 7) is 4.98. The summed E-state index contributed by atoms with van der Waals surface area (Å²) in [5, 5.41) is 0. The maximum absolute atomic E-state index is 13.0. The number of benzene rings is 1.